The van der Waals surface area contributed by atoms with Crippen LogP contribution in [-0.2, 0) is 0 Å². The number of hydrogen-bond donors (Lipinski definition) is 0. The van der Waals surface area contributed by atoms with Crippen LogP contribution in [0.15, 0.2) is 0 Å². The van der Waals surface area contributed by atoms with Crippen LogP contribution in [0.4, 0.5) is 0 Å². The van der Waals surface area contributed by atoms with Gasteiger partial charge in [0.05, 0.1) is 31.2 Å². The third-order valence-corrected chi connectivity index (χ3v) is 6.67. The molecular formula is C20H18Cl4N2. The van der Waals surface area contributed by atoms with Crippen molar-refractivity contribution in [3.63, 3.8) is 0 Å². The Morgan fingerprint density at radius 2 is 0.654 bits per heavy atom. The quantitative estimate of drug-likeness (QED) is 0.321. The standard InChI is InChI=1S/C12H18.C8Cl4N2/c1-7-8(2)10(4)12(6)11(5)9(7)3;9-5-3(1-13)4(2-14)6(10)8(12)7(5)11/h1-6H3;. The van der Waals surface area contributed by atoms with Gasteiger partial charge in [-0.25, -0.2) is 0 Å². The van der Waals surface area contributed by atoms with Gasteiger partial charge in [0.15, 0.2) is 0 Å². The minimum Gasteiger partial charge on any atom is -0.192 e. The van der Waals surface area contributed by atoms with Gasteiger partial charge in [-0.15, -0.1) is 0 Å². The van der Waals surface area contributed by atoms with Gasteiger partial charge in [0, 0.05) is 0 Å². The van der Waals surface area contributed by atoms with Crippen LogP contribution >= 0.6 is 46.4 Å². The molecule has 0 atom stereocenters. The van der Waals surface area contributed by atoms with E-state index in [0.29, 0.717) is 0 Å². The molecule has 2 aromatic carbocycles. The molecule has 26 heavy (non-hydrogen) atoms. The number of halogens is 4. The lowest BCUT2D eigenvalue weighted by Gasteiger charge is -2.15. The van der Waals surface area contributed by atoms with E-state index in [0.717, 1.165) is 0 Å². The predicted molar refractivity (Wildman–Crippen MR) is 111 cm³/mol. The van der Waals surface area contributed by atoms with Crippen molar-refractivity contribution in [2.45, 2.75) is 41.5 Å². The van der Waals surface area contributed by atoms with Crippen molar-refractivity contribution in [1.82, 2.24) is 0 Å². The van der Waals surface area contributed by atoms with Crippen molar-refractivity contribution in [1.29, 1.82) is 10.5 Å². The van der Waals surface area contributed by atoms with Crippen LogP contribution in [0.25, 0.3) is 0 Å². The normalized spacial score (nSPS) is 9.85. The van der Waals surface area contributed by atoms with Crippen LogP contribution in [0.5, 0.6) is 0 Å². The van der Waals surface area contributed by atoms with Gasteiger partial charge in [0.2, 0.25) is 0 Å². The molecule has 2 aromatic rings. The average Bonchev–Trinajstić information content (AvgIpc) is 2.64. The minimum absolute atomic E-state index is 0.0196. The maximum atomic E-state index is 8.72. The lowest BCUT2D eigenvalue weighted by molar-refractivity contribution is 1.13. The first kappa shape index (κ1) is 22.6. The van der Waals surface area contributed by atoms with Gasteiger partial charge >= 0.3 is 0 Å². The van der Waals surface area contributed by atoms with E-state index in [1.807, 2.05) is 0 Å². The third kappa shape index (κ3) is 4.11. The lowest BCUT2D eigenvalue weighted by Crippen LogP contribution is -1.98. The number of benzene rings is 2. The molecule has 6 heteroatoms. The highest BCUT2D eigenvalue weighted by Gasteiger charge is 2.19. The zero-order valence-corrected chi connectivity index (χ0v) is 18.4. The summed E-state index contributed by atoms with van der Waals surface area (Å²) >= 11 is 22.8. The molecule has 0 saturated heterocycles. The van der Waals surface area contributed by atoms with Gasteiger partial charge in [-0.05, 0) is 74.9 Å². The lowest BCUT2D eigenvalue weighted by atomic mass is 9.90. The Bertz CT molecular complexity index is 814. The molecule has 0 heterocycles. The summed E-state index contributed by atoms with van der Waals surface area (Å²) in [6, 6.07) is 3.48. The predicted octanol–water partition coefficient (Wildman–Crippen LogP) is 7.58. The molecule has 0 spiro atoms. The Hall–Kier alpha value is -1.42. The Labute approximate surface area is 174 Å². The fourth-order valence-corrected chi connectivity index (χ4v) is 3.47. The summed E-state index contributed by atoms with van der Waals surface area (Å²) in [7, 11) is 0. The molecule has 0 unspecified atom stereocenters. The zero-order valence-electron chi connectivity index (χ0n) is 15.4. The summed E-state index contributed by atoms with van der Waals surface area (Å²) in [4.78, 5) is 0. The molecule has 0 N–H and O–H groups in total. The van der Waals surface area contributed by atoms with Crippen molar-refractivity contribution < 1.29 is 0 Å². The van der Waals surface area contributed by atoms with E-state index in [1.165, 1.54) is 33.4 Å². The number of nitrogens with zero attached hydrogens (tertiary/aromatic N) is 2. The Balaban J connectivity index is 0.000000263. The largest absolute Gasteiger partial charge is 0.192 e. The maximum Gasteiger partial charge on any atom is 0.102 e. The highest BCUT2D eigenvalue weighted by molar-refractivity contribution is 6.52. The highest BCUT2D eigenvalue weighted by Crippen LogP contribution is 2.40. The minimum atomic E-state index is -0.0615. The van der Waals surface area contributed by atoms with Gasteiger partial charge in [-0.2, -0.15) is 10.5 Å². The average molecular weight is 428 g/mol. The molecule has 0 radical (unpaired) electrons. The first-order valence-electron chi connectivity index (χ1n) is 7.70. The molecule has 0 amide bonds. The fraction of sp³-hybridized carbons (Fsp3) is 0.300. The molecule has 0 fully saturated rings. The molecular weight excluding hydrogens is 410 g/mol. The molecule has 136 valence electrons. The summed E-state index contributed by atoms with van der Waals surface area (Å²) in [6.07, 6.45) is 0. The van der Waals surface area contributed by atoms with Crippen LogP contribution in [0.1, 0.15) is 44.5 Å². The van der Waals surface area contributed by atoms with Crippen LogP contribution in [0.3, 0.4) is 0 Å². The molecule has 0 aliphatic carbocycles. The summed E-state index contributed by atoms with van der Waals surface area (Å²) in [5, 5.41) is 17.3. The Morgan fingerprint density at radius 3 is 0.808 bits per heavy atom. The number of nitriles is 2. The third-order valence-electron chi connectivity index (χ3n) is 4.87. The van der Waals surface area contributed by atoms with E-state index >= 15 is 0 Å². The molecule has 2 rings (SSSR count). The van der Waals surface area contributed by atoms with Crippen molar-refractivity contribution >= 4 is 46.4 Å². The van der Waals surface area contributed by atoms with E-state index in [9.17, 15) is 0 Å². The van der Waals surface area contributed by atoms with Gasteiger partial charge < -0.3 is 0 Å². The van der Waals surface area contributed by atoms with Crippen molar-refractivity contribution in [2.24, 2.45) is 0 Å². The first-order chi connectivity index (χ1) is 12.0. The van der Waals surface area contributed by atoms with E-state index in [-0.39, 0.29) is 31.2 Å². The Kier molecular flexibility index (Phi) is 7.82. The van der Waals surface area contributed by atoms with Crippen LogP contribution in [-0.4, -0.2) is 0 Å². The van der Waals surface area contributed by atoms with Crippen molar-refractivity contribution in [3.8, 4) is 12.1 Å². The smallest absolute Gasteiger partial charge is 0.102 e. The molecule has 0 aliphatic rings. The molecule has 2 nitrogen and oxygen atoms in total. The highest BCUT2D eigenvalue weighted by atomic mass is 35.5. The van der Waals surface area contributed by atoms with Gasteiger partial charge in [0.25, 0.3) is 0 Å². The molecule has 0 bridgehead atoms. The van der Waals surface area contributed by atoms with Crippen LogP contribution < -0.4 is 0 Å². The van der Waals surface area contributed by atoms with Crippen LogP contribution in [0, 0.1) is 64.2 Å². The molecule has 0 saturated carbocycles. The van der Waals surface area contributed by atoms with E-state index in [1.54, 1.807) is 12.1 Å². The summed E-state index contributed by atoms with van der Waals surface area (Å²) in [6.45, 7) is 13.3. The van der Waals surface area contributed by atoms with Gasteiger partial charge in [-0.1, -0.05) is 46.4 Å². The monoisotopic (exact) mass is 426 g/mol. The zero-order chi connectivity index (χ0) is 20.3. The van der Waals surface area contributed by atoms with Gasteiger partial charge in [-0.3, -0.25) is 0 Å². The number of hydrogen-bond acceptors (Lipinski definition) is 2. The topological polar surface area (TPSA) is 47.6 Å². The second-order valence-corrected chi connectivity index (χ2v) is 7.49. The fourth-order valence-electron chi connectivity index (χ4n) is 2.53. The van der Waals surface area contributed by atoms with Gasteiger partial charge in [0.1, 0.15) is 12.1 Å². The molecule has 0 aromatic heterocycles. The molecule has 0 aliphatic heterocycles. The summed E-state index contributed by atoms with van der Waals surface area (Å²) < 4.78 is 0. The van der Waals surface area contributed by atoms with Crippen LogP contribution in [0.2, 0.25) is 20.1 Å². The van der Waals surface area contributed by atoms with Crippen molar-refractivity contribution in [2.75, 3.05) is 0 Å². The second kappa shape index (κ2) is 8.98. The van der Waals surface area contributed by atoms with E-state index in [2.05, 4.69) is 41.5 Å². The van der Waals surface area contributed by atoms with Crippen molar-refractivity contribution in [3.05, 3.63) is 64.6 Å². The second-order valence-electron chi connectivity index (χ2n) is 5.98. The maximum absolute atomic E-state index is 8.72. The summed E-state index contributed by atoms with van der Waals surface area (Å²) in [5.74, 6) is 0. The Morgan fingerprint density at radius 1 is 0.462 bits per heavy atom. The van der Waals surface area contributed by atoms with E-state index < -0.39 is 0 Å². The summed E-state index contributed by atoms with van der Waals surface area (Å²) in [5.41, 5.74) is 8.60. The number of rotatable bonds is 0. The SMILES string of the molecule is Cc1c(C)c(C)c(C)c(C)c1C.N#Cc1c(Cl)c(Cl)c(Cl)c(Cl)c1C#N. The first-order valence-corrected chi connectivity index (χ1v) is 9.22. The van der Waals surface area contributed by atoms with E-state index in [4.69, 9.17) is 56.9 Å².